The average molecular weight is 252 g/mol. The van der Waals surface area contributed by atoms with Gasteiger partial charge in [0.1, 0.15) is 5.60 Å². The molecule has 1 aliphatic rings. The molecule has 4 heteroatoms. The fourth-order valence-corrected chi connectivity index (χ4v) is 1.46. The summed E-state index contributed by atoms with van der Waals surface area (Å²) in [7, 11) is 0. The molecule has 0 radical (unpaired) electrons. The minimum Gasteiger partial charge on any atom is -0.497 e. The Morgan fingerprint density at radius 3 is 2.67 bits per heavy atom. The molecule has 0 amide bonds. The molecule has 0 heterocycles. The van der Waals surface area contributed by atoms with E-state index in [1.807, 2.05) is 20.8 Å². The average Bonchev–Trinajstić information content (AvgIpc) is 2.61. The third kappa shape index (κ3) is 6.23. The predicted octanol–water partition coefficient (Wildman–Crippen LogP) is 2.54. The summed E-state index contributed by atoms with van der Waals surface area (Å²) in [6.45, 7) is 5.95. The third-order valence-corrected chi connectivity index (χ3v) is 2.17. The van der Waals surface area contributed by atoms with Crippen LogP contribution in [0.3, 0.4) is 0 Å². The van der Waals surface area contributed by atoms with Crippen LogP contribution >= 0.6 is 0 Å². The van der Waals surface area contributed by atoms with Gasteiger partial charge in [-0.1, -0.05) is 6.08 Å². The molecule has 100 valence electrons. The molecule has 0 fully saturated rings. The van der Waals surface area contributed by atoms with Gasteiger partial charge < -0.3 is 9.47 Å². The lowest BCUT2D eigenvalue weighted by Gasteiger charge is -2.17. The van der Waals surface area contributed by atoms with Gasteiger partial charge in [-0.3, -0.25) is 4.79 Å². The SMILES string of the molecule is CC(C)(C)OC(=O)/C=C/CCOC1=CC(=O)CC1. The Hall–Kier alpha value is -1.58. The molecule has 0 spiro atoms. The molecule has 0 bridgehead atoms. The zero-order chi connectivity index (χ0) is 13.6. The quantitative estimate of drug-likeness (QED) is 0.428. The first-order chi connectivity index (χ1) is 8.37. The van der Waals surface area contributed by atoms with E-state index < -0.39 is 5.60 Å². The molecule has 1 aliphatic carbocycles. The monoisotopic (exact) mass is 252 g/mol. The summed E-state index contributed by atoms with van der Waals surface area (Å²) < 4.78 is 10.5. The number of hydrogen-bond acceptors (Lipinski definition) is 4. The Bertz CT molecular complexity index is 372. The van der Waals surface area contributed by atoms with Crippen LogP contribution in [0.15, 0.2) is 24.0 Å². The largest absolute Gasteiger partial charge is 0.497 e. The molecule has 0 aromatic heterocycles. The van der Waals surface area contributed by atoms with Crippen molar-refractivity contribution in [3.8, 4) is 0 Å². The number of esters is 1. The minimum atomic E-state index is -0.465. The van der Waals surface area contributed by atoms with Gasteiger partial charge in [0, 0.05) is 25.0 Å². The third-order valence-electron chi connectivity index (χ3n) is 2.17. The molecule has 0 saturated heterocycles. The van der Waals surface area contributed by atoms with Crippen molar-refractivity contribution in [2.45, 2.75) is 45.6 Å². The van der Waals surface area contributed by atoms with E-state index in [0.29, 0.717) is 25.9 Å². The van der Waals surface area contributed by atoms with Crippen LogP contribution in [0.4, 0.5) is 0 Å². The summed E-state index contributed by atoms with van der Waals surface area (Å²) in [5.74, 6) is 0.512. The normalized spacial score (nSPS) is 15.9. The van der Waals surface area contributed by atoms with Gasteiger partial charge in [-0.2, -0.15) is 0 Å². The minimum absolute atomic E-state index is 0.120. The second-order valence-corrected chi connectivity index (χ2v) is 5.15. The van der Waals surface area contributed by atoms with Crippen molar-refractivity contribution in [1.29, 1.82) is 0 Å². The summed E-state index contributed by atoms with van der Waals surface area (Å²) in [6.07, 6.45) is 6.51. The second kappa shape index (κ2) is 6.38. The van der Waals surface area contributed by atoms with Gasteiger partial charge >= 0.3 is 5.97 Å². The number of carbonyl (C=O) groups excluding carboxylic acids is 2. The van der Waals surface area contributed by atoms with Crippen molar-refractivity contribution in [3.63, 3.8) is 0 Å². The van der Waals surface area contributed by atoms with Crippen molar-refractivity contribution in [1.82, 2.24) is 0 Å². The van der Waals surface area contributed by atoms with Gasteiger partial charge in [0.2, 0.25) is 0 Å². The van der Waals surface area contributed by atoms with Crippen LogP contribution in [0, 0.1) is 0 Å². The van der Waals surface area contributed by atoms with Crippen LogP contribution in [0.2, 0.25) is 0 Å². The Kier molecular flexibility index (Phi) is 5.13. The van der Waals surface area contributed by atoms with Crippen molar-refractivity contribution in [2.24, 2.45) is 0 Å². The molecule has 0 unspecified atom stereocenters. The Labute approximate surface area is 108 Å². The van der Waals surface area contributed by atoms with Gasteiger partial charge in [-0.25, -0.2) is 4.79 Å². The molecule has 0 aliphatic heterocycles. The number of carbonyl (C=O) groups is 2. The molecule has 18 heavy (non-hydrogen) atoms. The number of hydrogen-bond donors (Lipinski definition) is 0. The Morgan fingerprint density at radius 1 is 1.39 bits per heavy atom. The van der Waals surface area contributed by atoms with Crippen LogP contribution in [0.25, 0.3) is 0 Å². The van der Waals surface area contributed by atoms with Crippen LogP contribution < -0.4 is 0 Å². The molecule has 0 atom stereocenters. The van der Waals surface area contributed by atoms with E-state index in [2.05, 4.69) is 0 Å². The summed E-state index contributed by atoms with van der Waals surface area (Å²) in [4.78, 5) is 22.2. The fourth-order valence-electron chi connectivity index (χ4n) is 1.46. The van der Waals surface area contributed by atoms with E-state index in [1.165, 1.54) is 12.2 Å². The lowest BCUT2D eigenvalue weighted by molar-refractivity contribution is -0.148. The van der Waals surface area contributed by atoms with Crippen molar-refractivity contribution in [3.05, 3.63) is 24.0 Å². The van der Waals surface area contributed by atoms with E-state index in [-0.39, 0.29) is 11.8 Å². The highest BCUT2D eigenvalue weighted by Crippen LogP contribution is 2.15. The van der Waals surface area contributed by atoms with Crippen molar-refractivity contribution in [2.75, 3.05) is 6.61 Å². The summed E-state index contributed by atoms with van der Waals surface area (Å²) in [5, 5.41) is 0. The number of ketones is 1. The first kappa shape index (κ1) is 14.5. The maximum Gasteiger partial charge on any atom is 0.330 e. The van der Waals surface area contributed by atoms with Gasteiger partial charge in [0.15, 0.2) is 5.78 Å². The van der Waals surface area contributed by atoms with Crippen LogP contribution in [-0.2, 0) is 19.1 Å². The van der Waals surface area contributed by atoms with E-state index in [1.54, 1.807) is 6.08 Å². The molecule has 0 aromatic carbocycles. The highest BCUT2D eigenvalue weighted by molar-refractivity contribution is 5.92. The van der Waals surface area contributed by atoms with Gasteiger partial charge in [0.25, 0.3) is 0 Å². The maximum absolute atomic E-state index is 11.3. The van der Waals surface area contributed by atoms with Crippen LogP contribution in [0.1, 0.15) is 40.0 Å². The van der Waals surface area contributed by atoms with E-state index >= 15 is 0 Å². The molecular weight excluding hydrogens is 232 g/mol. The fraction of sp³-hybridized carbons (Fsp3) is 0.571. The van der Waals surface area contributed by atoms with E-state index in [0.717, 1.165) is 5.76 Å². The summed E-state index contributed by atoms with van der Waals surface area (Å²) in [5.41, 5.74) is -0.465. The Balaban J connectivity index is 2.16. The second-order valence-electron chi connectivity index (χ2n) is 5.15. The maximum atomic E-state index is 11.3. The van der Waals surface area contributed by atoms with Gasteiger partial charge in [-0.15, -0.1) is 0 Å². The molecule has 0 saturated carbocycles. The molecule has 4 nitrogen and oxygen atoms in total. The first-order valence-corrected chi connectivity index (χ1v) is 6.12. The number of ether oxygens (including phenoxy) is 2. The molecule has 1 rings (SSSR count). The van der Waals surface area contributed by atoms with Crippen molar-refractivity contribution >= 4 is 11.8 Å². The van der Waals surface area contributed by atoms with E-state index in [4.69, 9.17) is 9.47 Å². The summed E-state index contributed by atoms with van der Waals surface area (Å²) >= 11 is 0. The standard InChI is InChI=1S/C14H20O4/c1-14(2,3)18-13(16)6-4-5-9-17-12-8-7-11(15)10-12/h4,6,10H,5,7-9H2,1-3H3/b6-4+. The number of rotatable bonds is 5. The molecular formula is C14H20O4. The zero-order valence-electron chi connectivity index (χ0n) is 11.2. The van der Waals surface area contributed by atoms with Gasteiger partial charge in [0.05, 0.1) is 12.4 Å². The zero-order valence-corrected chi connectivity index (χ0v) is 11.2. The van der Waals surface area contributed by atoms with Crippen molar-refractivity contribution < 1.29 is 19.1 Å². The summed E-state index contributed by atoms with van der Waals surface area (Å²) in [6, 6.07) is 0. The first-order valence-electron chi connectivity index (χ1n) is 6.12. The smallest absolute Gasteiger partial charge is 0.330 e. The van der Waals surface area contributed by atoms with Crippen LogP contribution in [-0.4, -0.2) is 24.0 Å². The molecule has 0 N–H and O–H groups in total. The predicted molar refractivity (Wildman–Crippen MR) is 67.9 cm³/mol. The van der Waals surface area contributed by atoms with Crippen LogP contribution in [0.5, 0.6) is 0 Å². The Morgan fingerprint density at radius 2 is 2.11 bits per heavy atom. The lowest BCUT2D eigenvalue weighted by atomic mass is 10.2. The number of allylic oxidation sites excluding steroid dienone is 2. The lowest BCUT2D eigenvalue weighted by Crippen LogP contribution is -2.22. The highest BCUT2D eigenvalue weighted by atomic mass is 16.6. The topological polar surface area (TPSA) is 52.6 Å². The molecule has 0 aromatic rings. The van der Waals surface area contributed by atoms with Gasteiger partial charge in [-0.05, 0) is 27.2 Å². The highest BCUT2D eigenvalue weighted by Gasteiger charge is 2.14. The van der Waals surface area contributed by atoms with E-state index in [9.17, 15) is 9.59 Å².